The fourth-order valence-corrected chi connectivity index (χ4v) is 1.71. The van der Waals surface area contributed by atoms with Crippen molar-refractivity contribution in [2.75, 3.05) is 9.93 Å². The molecule has 0 aliphatic carbocycles. The highest BCUT2D eigenvalue weighted by molar-refractivity contribution is 7.93. The van der Waals surface area contributed by atoms with E-state index in [-0.39, 0.29) is 0 Å². The Balaban J connectivity index is 3.05. The van der Waals surface area contributed by atoms with Crippen molar-refractivity contribution < 1.29 is 8.42 Å². The molecule has 78 valence electrons. The summed E-state index contributed by atoms with van der Waals surface area (Å²) in [4.78, 5) is 3.76. The lowest BCUT2D eigenvalue weighted by Gasteiger charge is -2.08. The molecule has 0 fully saturated rings. The SMILES string of the molecule is Cc1c(Cl)cncc1NS(=O)(=O)CCl. The molecule has 14 heavy (non-hydrogen) atoms. The number of rotatable bonds is 3. The quantitative estimate of drug-likeness (QED) is 0.840. The molecule has 1 N–H and O–H groups in total. The predicted molar refractivity (Wildman–Crippen MR) is 57.2 cm³/mol. The van der Waals surface area contributed by atoms with Gasteiger partial charge in [-0.3, -0.25) is 9.71 Å². The van der Waals surface area contributed by atoms with Crippen molar-refractivity contribution in [3.05, 3.63) is 23.0 Å². The molecule has 4 nitrogen and oxygen atoms in total. The molecule has 0 amide bonds. The van der Waals surface area contributed by atoms with Gasteiger partial charge in [0.2, 0.25) is 10.0 Å². The van der Waals surface area contributed by atoms with E-state index in [4.69, 9.17) is 23.2 Å². The maximum atomic E-state index is 11.1. The Bertz CT molecular complexity index is 433. The zero-order valence-corrected chi connectivity index (χ0v) is 9.62. The topological polar surface area (TPSA) is 59.1 Å². The Labute approximate surface area is 92.3 Å². The molecular weight excluding hydrogens is 247 g/mol. The summed E-state index contributed by atoms with van der Waals surface area (Å²) in [7, 11) is -3.50. The average Bonchev–Trinajstić information content (AvgIpc) is 2.13. The molecule has 1 aromatic rings. The van der Waals surface area contributed by atoms with Gasteiger partial charge in [-0.1, -0.05) is 11.6 Å². The third kappa shape index (κ3) is 2.73. The van der Waals surface area contributed by atoms with E-state index >= 15 is 0 Å². The molecule has 0 bridgehead atoms. The Kier molecular flexibility index (Phi) is 3.58. The van der Waals surface area contributed by atoms with Crippen LogP contribution in [0.25, 0.3) is 0 Å². The highest BCUT2D eigenvalue weighted by Crippen LogP contribution is 2.22. The molecule has 7 heteroatoms. The Morgan fingerprint density at radius 3 is 2.71 bits per heavy atom. The van der Waals surface area contributed by atoms with Crippen LogP contribution in [0.15, 0.2) is 12.4 Å². The standard InChI is InChI=1S/C7H8Cl2N2O2S/c1-5-6(9)2-10-3-7(5)11-14(12,13)4-8/h2-3,11H,4H2,1H3. The molecule has 1 aromatic heterocycles. The van der Waals surface area contributed by atoms with E-state index in [0.717, 1.165) is 0 Å². The molecule has 0 aliphatic heterocycles. The van der Waals surface area contributed by atoms with Gasteiger partial charge in [0, 0.05) is 6.20 Å². The lowest BCUT2D eigenvalue weighted by molar-refractivity contribution is 0.605. The van der Waals surface area contributed by atoms with Crippen molar-refractivity contribution in [1.29, 1.82) is 0 Å². The van der Waals surface area contributed by atoms with E-state index in [2.05, 4.69) is 9.71 Å². The predicted octanol–water partition coefficient (Wildman–Crippen LogP) is 1.98. The van der Waals surface area contributed by atoms with Crippen molar-refractivity contribution >= 4 is 38.9 Å². The summed E-state index contributed by atoms with van der Waals surface area (Å²) >= 11 is 11.0. The molecular formula is C7H8Cl2N2O2S. The fraction of sp³-hybridized carbons (Fsp3) is 0.286. The molecule has 0 aromatic carbocycles. The first-order chi connectivity index (χ1) is 6.46. The number of nitrogens with zero attached hydrogens (tertiary/aromatic N) is 1. The van der Waals surface area contributed by atoms with Gasteiger partial charge >= 0.3 is 0 Å². The van der Waals surface area contributed by atoms with Crippen molar-refractivity contribution in [3.63, 3.8) is 0 Å². The first-order valence-electron chi connectivity index (χ1n) is 3.63. The number of hydrogen-bond acceptors (Lipinski definition) is 3. The van der Waals surface area contributed by atoms with Crippen LogP contribution in [0.2, 0.25) is 5.02 Å². The van der Waals surface area contributed by atoms with Gasteiger partial charge < -0.3 is 0 Å². The first kappa shape index (κ1) is 11.6. The normalized spacial score (nSPS) is 11.4. The maximum absolute atomic E-state index is 11.1. The van der Waals surface area contributed by atoms with E-state index in [1.807, 2.05) is 0 Å². The van der Waals surface area contributed by atoms with E-state index < -0.39 is 15.2 Å². The minimum atomic E-state index is -3.50. The summed E-state index contributed by atoms with van der Waals surface area (Å²) in [6.07, 6.45) is 2.82. The summed E-state index contributed by atoms with van der Waals surface area (Å²) in [5.41, 5.74) is 0.966. The van der Waals surface area contributed by atoms with Gasteiger partial charge in [-0.05, 0) is 12.5 Å². The van der Waals surface area contributed by atoms with Crippen LogP contribution in [0.1, 0.15) is 5.56 Å². The Morgan fingerprint density at radius 1 is 1.50 bits per heavy atom. The van der Waals surface area contributed by atoms with Crippen molar-refractivity contribution in [2.45, 2.75) is 6.92 Å². The second-order valence-electron chi connectivity index (χ2n) is 2.62. The monoisotopic (exact) mass is 254 g/mol. The minimum absolute atomic E-state index is 0.346. The zero-order valence-electron chi connectivity index (χ0n) is 7.29. The Hall–Kier alpha value is -0.520. The second-order valence-corrected chi connectivity index (χ2v) is 5.33. The van der Waals surface area contributed by atoms with Gasteiger partial charge in [0.1, 0.15) is 5.21 Å². The van der Waals surface area contributed by atoms with E-state index in [0.29, 0.717) is 16.3 Å². The van der Waals surface area contributed by atoms with Crippen LogP contribution in [0.5, 0.6) is 0 Å². The lowest BCUT2D eigenvalue weighted by atomic mass is 10.3. The van der Waals surface area contributed by atoms with Gasteiger partial charge in [0.05, 0.1) is 16.9 Å². The molecule has 0 saturated carbocycles. The third-order valence-corrected chi connectivity index (χ3v) is 3.62. The molecule has 0 aliphatic rings. The lowest BCUT2D eigenvalue weighted by Crippen LogP contribution is -2.14. The van der Waals surface area contributed by atoms with Crippen LogP contribution in [-0.2, 0) is 10.0 Å². The zero-order chi connectivity index (χ0) is 10.8. The van der Waals surface area contributed by atoms with E-state index in [1.54, 1.807) is 6.92 Å². The first-order valence-corrected chi connectivity index (χ1v) is 6.19. The van der Waals surface area contributed by atoms with Gasteiger partial charge in [-0.2, -0.15) is 0 Å². The van der Waals surface area contributed by atoms with Crippen LogP contribution in [-0.4, -0.2) is 18.6 Å². The van der Waals surface area contributed by atoms with Gasteiger partial charge in [0.25, 0.3) is 0 Å². The van der Waals surface area contributed by atoms with Crippen LogP contribution in [0, 0.1) is 6.92 Å². The second kappa shape index (κ2) is 4.33. The molecule has 0 unspecified atom stereocenters. The number of alkyl halides is 1. The number of hydrogen-bond donors (Lipinski definition) is 1. The van der Waals surface area contributed by atoms with Crippen LogP contribution in [0.4, 0.5) is 5.69 Å². The van der Waals surface area contributed by atoms with Gasteiger partial charge in [0.15, 0.2) is 0 Å². The summed E-state index contributed by atoms with van der Waals surface area (Å²) in [6.45, 7) is 1.69. The highest BCUT2D eigenvalue weighted by atomic mass is 35.5. The molecule has 0 radical (unpaired) electrons. The molecule has 1 rings (SSSR count). The van der Waals surface area contributed by atoms with E-state index in [1.165, 1.54) is 12.4 Å². The van der Waals surface area contributed by atoms with Crippen molar-refractivity contribution in [2.24, 2.45) is 0 Å². The van der Waals surface area contributed by atoms with E-state index in [9.17, 15) is 8.42 Å². The van der Waals surface area contributed by atoms with Gasteiger partial charge in [-0.25, -0.2) is 8.42 Å². The van der Waals surface area contributed by atoms with Crippen molar-refractivity contribution in [1.82, 2.24) is 4.98 Å². The number of nitrogens with one attached hydrogen (secondary N) is 1. The number of halogens is 2. The van der Waals surface area contributed by atoms with Crippen molar-refractivity contribution in [3.8, 4) is 0 Å². The van der Waals surface area contributed by atoms with Crippen LogP contribution < -0.4 is 4.72 Å². The summed E-state index contributed by atoms with van der Waals surface area (Å²) in [5.74, 6) is 0. The minimum Gasteiger partial charge on any atom is -0.281 e. The summed E-state index contributed by atoms with van der Waals surface area (Å²) < 4.78 is 24.5. The largest absolute Gasteiger partial charge is 0.281 e. The molecule has 0 atom stereocenters. The number of anilines is 1. The molecule has 0 spiro atoms. The van der Waals surface area contributed by atoms with Gasteiger partial charge in [-0.15, -0.1) is 11.6 Å². The van der Waals surface area contributed by atoms with Crippen LogP contribution in [0.3, 0.4) is 0 Å². The highest BCUT2D eigenvalue weighted by Gasteiger charge is 2.11. The smallest absolute Gasteiger partial charge is 0.246 e. The molecule has 1 heterocycles. The average molecular weight is 255 g/mol. The molecule has 0 saturated heterocycles. The number of sulfonamides is 1. The van der Waals surface area contributed by atoms with Crippen LogP contribution >= 0.6 is 23.2 Å². The summed E-state index contributed by atoms with van der Waals surface area (Å²) in [6, 6.07) is 0. The maximum Gasteiger partial charge on any atom is 0.246 e. The third-order valence-electron chi connectivity index (χ3n) is 1.56. The summed E-state index contributed by atoms with van der Waals surface area (Å²) in [5, 5.41) is -0.0985. The fourth-order valence-electron chi connectivity index (χ4n) is 0.797. The number of pyridine rings is 1. The Morgan fingerprint density at radius 2 is 2.14 bits per heavy atom. The number of aromatic nitrogens is 1.